The first-order valence-electron chi connectivity index (χ1n) is 9.08. The highest BCUT2D eigenvalue weighted by atomic mass is 32.2. The maximum atomic E-state index is 12.5. The maximum absolute atomic E-state index is 12.5. The van der Waals surface area contributed by atoms with Gasteiger partial charge in [-0.3, -0.25) is 9.63 Å². The van der Waals surface area contributed by atoms with Crippen LogP contribution in [0.4, 0.5) is 5.69 Å². The first-order valence-corrected chi connectivity index (χ1v) is 9.89. The first-order chi connectivity index (χ1) is 14.1. The Hall–Kier alpha value is -3.09. The van der Waals surface area contributed by atoms with Crippen molar-refractivity contribution < 1.29 is 14.4 Å². The summed E-state index contributed by atoms with van der Waals surface area (Å²) < 4.78 is 5.59. The van der Waals surface area contributed by atoms with E-state index in [4.69, 9.17) is 14.6 Å². The molecule has 0 atom stereocenters. The monoisotopic (exact) mass is 404 g/mol. The number of ether oxygens (including phenoxy) is 1. The van der Waals surface area contributed by atoms with Gasteiger partial charge in [0.2, 0.25) is 0 Å². The summed E-state index contributed by atoms with van der Waals surface area (Å²) in [7, 11) is 4.70. The maximum Gasteiger partial charge on any atom is 0.277 e. The molecule has 0 saturated heterocycles. The molecule has 0 N–H and O–H groups in total. The van der Waals surface area contributed by atoms with Gasteiger partial charge in [0.25, 0.3) is 5.91 Å². The van der Waals surface area contributed by atoms with E-state index in [0.717, 1.165) is 38.1 Å². The zero-order chi connectivity index (χ0) is 20.4. The van der Waals surface area contributed by atoms with Gasteiger partial charge in [-0.05, 0) is 36.4 Å². The van der Waals surface area contributed by atoms with Crippen LogP contribution in [0.5, 0.6) is 5.75 Å². The summed E-state index contributed by atoms with van der Waals surface area (Å²) in [5, 5.41) is 1.20. The number of nitrogens with zero attached hydrogens (tertiary/aromatic N) is 2. The van der Waals surface area contributed by atoms with Crippen molar-refractivity contribution in [3.8, 4) is 5.75 Å². The molecular formula is C23H20N2O3S. The molecule has 3 aromatic rings. The predicted molar refractivity (Wildman–Crippen MR) is 114 cm³/mol. The summed E-state index contributed by atoms with van der Waals surface area (Å²) in [6.07, 6.45) is 0. The second kappa shape index (κ2) is 8.11. The Kier molecular flexibility index (Phi) is 5.38. The minimum Gasteiger partial charge on any atom is -0.496 e. The fourth-order valence-electron chi connectivity index (χ4n) is 3.18. The second-order valence-corrected chi connectivity index (χ2v) is 7.51. The fraction of sp³-hybridized carbons (Fsp3) is 0.130. The van der Waals surface area contributed by atoms with Crippen LogP contribution < -0.4 is 4.74 Å². The van der Waals surface area contributed by atoms with Gasteiger partial charge in [-0.1, -0.05) is 42.1 Å². The highest BCUT2D eigenvalue weighted by Crippen LogP contribution is 2.42. The molecule has 6 heteroatoms. The van der Waals surface area contributed by atoms with Gasteiger partial charge in [0.15, 0.2) is 0 Å². The van der Waals surface area contributed by atoms with E-state index in [9.17, 15) is 4.79 Å². The molecule has 0 unspecified atom stereocenters. The van der Waals surface area contributed by atoms with Gasteiger partial charge in [0.1, 0.15) is 5.75 Å². The Morgan fingerprint density at radius 3 is 2.41 bits per heavy atom. The summed E-state index contributed by atoms with van der Waals surface area (Å²) in [5.41, 5.74) is 4.00. The van der Waals surface area contributed by atoms with E-state index >= 15 is 0 Å². The van der Waals surface area contributed by atoms with Gasteiger partial charge >= 0.3 is 0 Å². The number of hydrogen-bond donors (Lipinski definition) is 0. The van der Waals surface area contributed by atoms with Crippen molar-refractivity contribution in [3.63, 3.8) is 0 Å². The quantitative estimate of drug-likeness (QED) is 0.451. The lowest BCUT2D eigenvalue weighted by Gasteiger charge is -2.14. The van der Waals surface area contributed by atoms with Crippen LogP contribution in [0, 0.1) is 0 Å². The lowest BCUT2D eigenvalue weighted by molar-refractivity contribution is -0.0756. The molecule has 0 aromatic heterocycles. The van der Waals surface area contributed by atoms with Crippen molar-refractivity contribution in [1.29, 1.82) is 0 Å². The third kappa shape index (κ3) is 3.64. The van der Waals surface area contributed by atoms with Gasteiger partial charge in [-0.15, -0.1) is 0 Å². The molecule has 5 nitrogen and oxygen atoms in total. The van der Waals surface area contributed by atoms with Crippen molar-refractivity contribution >= 4 is 29.1 Å². The van der Waals surface area contributed by atoms with E-state index in [2.05, 4.69) is 12.1 Å². The van der Waals surface area contributed by atoms with Crippen LogP contribution in [0.2, 0.25) is 0 Å². The van der Waals surface area contributed by atoms with Crippen LogP contribution in [-0.4, -0.2) is 37.9 Å². The lowest BCUT2D eigenvalue weighted by atomic mass is 10.0. The van der Waals surface area contributed by atoms with E-state index in [1.165, 1.54) is 12.2 Å². The van der Waals surface area contributed by atoms with E-state index in [1.807, 2.05) is 48.5 Å². The number of fused-ring (bicyclic) bond motifs is 2. The lowest BCUT2D eigenvalue weighted by Crippen LogP contribution is -2.25. The van der Waals surface area contributed by atoms with Crippen molar-refractivity contribution in [2.24, 2.45) is 4.99 Å². The molecule has 0 bridgehead atoms. The van der Waals surface area contributed by atoms with Crippen molar-refractivity contribution in [2.75, 3.05) is 21.3 Å². The summed E-state index contributed by atoms with van der Waals surface area (Å²) >= 11 is 1.64. The standard InChI is InChI=1S/C23H20N2O3S/c1-25(28-3)23(26)15-12-13-21-18(14-15)24-22(16-8-4-6-10-19(16)27-2)17-9-5-7-11-20(17)29-21/h4-14H,1-3H3. The number of hydroxylamine groups is 2. The normalized spacial score (nSPS) is 12.3. The number of carbonyl (C=O) groups excluding carboxylic acids is 1. The summed E-state index contributed by atoms with van der Waals surface area (Å²) in [6.45, 7) is 0. The van der Waals surface area contributed by atoms with Crippen LogP contribution in [0.3, 0.4) is 0 Å². The number of para-hydroxylation sites is 1. The van der Waals surface area contributed by atoms with Crippen molar-refractivity contribution in [1.82, 2.24) is 5.06 Å². The van der Waals surface area contributed by atoms with Gasteiger partial charge in [0.05, 0.1) is 25.6 Å². The summed E-state index contributed by atoms with van der Waals surface area (Å²) in [6, 6.07) is 21.5. The van der Waals surface area contributed by atoms with E-state index in [-0.39, 0.29) is 5.91 Å². The van der Waals surface area contributed by atoms with Crippen LogP contribution in [0.25, 0.3) is 0 Å². The molecular weight excluding hydrogens is 384 g/mol. The van der Waals surface area contributed by atoms with Crippen LogP contribution in [0.1, 0.15) is 21.5 Å². The molecule has 29 heavy (non-hydrogen) atoms. The molecule has 1 aliphatic heterocycles. The number of aliphatic imine (C=N–C) groups is 1. The minimum atomic E-state index is -0.226. The molecule has 3 aromatic carbocycles. The van der Waals surface area contributed by atoms with Crippen molar-refractivity contribution in [3.05, 3.63) is 83.4 Å². The number of amides is 1. The largest absolute Gasteiger partial charge is 0.496 e. The molecule has 1 heterocycles. The summed E-state index contributed by atoms with van der Waals surface area (Å²) in [4.78, 5) is 24.7. The molecule has 146 valence electrons. The second-order valence-electron chi connectivity index (χ2n) is 6.43. The van der Waals surface area contributed by atoms with Gasteiger partial charge in [0, 0.05) is 33.5 Å². The van der Waals surface area contributed by atoms with Gasteiger partial charge < -0.3 is 4.74 Å². The average Bonchev–Trinajstić information content (AvgIpc) is 2.94. The number of rotatable bonds is 4. The van der Waals surface area contributed by atoms with E-state index in [0.29, 0.717) is 5.56 Å². The third-order valence-corrected chi connectivity index (χ3v) is 5.86. The topological polar surface area (TPSA) is 51.1 Å². The number of benzene rings is 3. The zero-order valence-electron chi connectivity index (χ0n) is 16.4. The highest BCUT2D eigenvalue weighted by molar-refractivity contribution is 7.99. The van der Waals surface area contributed by atoms with Gasteiger partial charge in [-0.25, -0.2) is 10.1 Å². The number of methoxy groups -OCH3 is 1. The van der Waals surface area contributed by atoms with Gasteiger partial charge in [-0.2, -0.15) is 0 Å². The Labute approximate surface area is 173 Å². The minimum absolute atomic E-state index is 0.226. The SMILES string of the molecule is COc1ccccc1C1=Nc2cc(C(=O)N(C)OC)ccc2Sc2ccccc21. The molecule has 0 saturated carbocycles. The number of hydrogen-bond acceptors (Lipinski definition) is 5. The highest BCUT2D eigenvalue weighted by Gasteiger charge is 2.22. The molecule has 0 fully saturated rings. The molecule has 1 aliphatic rings. The molecule has 0 spiro atoms. The average molecular weight is 404 g/mol. The zero-order valence-corrected chi connectivity index (χ0v) is 17.2. The van der Waals surface area contributed by atoms with Crippen LogP contribution in [-0.2, 0) is 4.84 Å². The summed E-state index contributed by atoms with van der Waals surface area (Å²) in [5.74, 6) is 0.525. The molecule has 0 radical (unpaired) electrons. The van der Waals surface area contributed by atoms with E-state index < -0.39 is 0 Å². The Bertz CT molecular complexity index is 1110. The van der Waals surface area contributed by atoms with Crippen LogP contribution >= 0.6 is 11.8 Å². The van der Waals surface area contributed by atoms with Crippen molar-refractivity contribution in [2.45, 2.75) is 9.79 Å². The van der Waals surface area contributed by atoms with Crippen LogP contribution in [0.15, 0.2) is 81.5 Å². The molecule has 4 rings (SSSR count). The Balaban J connectivity index is 1.92. The van der Waals surface area contributed by atoms with E-state index in [1.54, 1.807) is 32.0 Å². The Morgan fingerprint density at radius 2 is 1.66 bits per heavy atom. The smallest absolute Gasteiger partial charge is 0.277 e. The predicted octanol–water partition coefficient (Wildman–Crippen LogP) is 4.96. The third-order valence-electron chi connectivity index (χ3n) is 4.72. The Morgan fingerprint density at radius 1 is 0.931 bits per heavy atom. The molecule has 0 aliphatic carbocycles. The molecule has 1 amide bonds. The fourth-order valence-corrected chi connectivity index (χ4v) is 4.19. The number of carbonyl (C=O) groups is 1. The first kappa shape index (κ1) is 19.2.